The lowest BCUT2D eigenvalue weighted by atomic mass is 9.99. The number of halogens is 1. The van der Waals surface area contributed by atoms with Crippen LogP contribution in [0.2, 0.25) is 5.02 Å². The van der Waals surface area contributed by atoms with Crippen molar-refractivity contribution < 1.29 is 8.42 Å². The molecule has 0 atom stereocenters. The van der Waals surface area contributed by atoms with Crippen molar-refractivity contribution in [3.05, 3.63) is 58.6 Å². The average molecular weight is 324 g/mol. The van der Waals surface area contributed by atoms with Crippen LogP contribution in [0.4, 0.5) is 5.69 Å². The van der Waals surface area contributed by atoms with Crippen molar-refractivity contribution in [3.8, 4) is 0 Å². The van der Waals surface area contributed by atoms with Crippen LogP contribution in [-0.4, -0.2) is 8.42 Å². The van der Waals surface area contributed by atoms with Crippen LogP contribution in [0.5, 0.6) is 0 Å². The Morgan fingerprint density at radius 3 is 2.24 bits per heavy atom. The van der Waals surface area contributed by atoms with Gasteiger partial charge in [-0.25, -0.2) is 8.42 Å². The molecule has 2 rings (SSSR count). The number of benzene rings is 2. The molecule has 0 aromatic heterocycles. The highest BCUT2D eigenvalue weighted by Crippen LogP contribution is 2.29. The highest BCUT2D eigenvalue weighted by atomic mass is 35.5. The average Bonchev–Trinajstić information content (AvgIpc) is 2.41. The Bertz CT molecular complexity index is 737. The summed E-state index contributed by atoms with van der Waals surface area (Å²) in [6, 6.07) is 11.9. The number of para-hydroxylation sites is 1. The predicted octanol–water partition coefficient (Wildman–Crippen LogP) is 4.57. The van der Waals surface area contributed by atoms with E-state index in [9.17, 15) is 8.42 Å². The number of anilines is 1. The molecule has 5 heteroatoms. The van der Waals surface area contributed by atoms with E-state index < -0.39 is 10.0 Å². The van der Waals surface area contributed by atoms with E-state index in [4.69, 9.17) is 11.6 Å². The summed E-state index contributed by atoms with van der Waals surface area (Å²) in [7, 11) is -3.62. The topological polar surface area (TPSA) is 46.2 Å². The van der Waals surface area contributed by atoms with Gasteiger partial charge in [-0.3, -0.25) is 4.72 Å². The summed E-state index contributed by atoms with van der Waals surface area (Å²) in [5, 5.41) is 0.507. The number of rotatable bonds is 4. The molecule has 0 unspecified atom stereocenters. The van der Waals surface area contributed by atoms with E-state index in [-0.39, 0.29) is 10.8 Å². The summed E-state index contributed by atoms with van der Waals surface area (Å²) in [5.74, 6) is 0.229. The molecule has 0 saturated carbocycles. The van der Waals surface area contributed by atoms with Crippen LogP contribution in [0.25, 0.3) is 0 Å². The number of nitrogens with one attached hydrogen (secondary N) is 1. The van der Waals surface area contributed by atoms with Gasteiger partial charge in [-0.1, -0.05) is 43.6 Å². The summed E-state index contributed by atoms with van der Waals surface area (Å²) in [6.45, 7) is 5.97. The maximum atomic E-state index is 12.5. The largest absolute Gasteiger partial charge is 0.279 e. The molecule has 0 aliphatic heterocycles. The normalized spacial score (nSPS) is 11.7. The van der Waals surface area contributed by atoms with Gasteiger partial charge in [-0.05, 0) is 48.2 Å². The van der Waals surface area contributed by atoms with E-state index in [1.165, 1.54) is 12.1 Å². The van der Waals surface area contributed by atoms with Crippen molar-refractivity contribution in [2.24, 2.45) is 0 Å². The molecule has 112 valence electrons. The van der Waals surface area contributed by atoms with E-state index in [2.05, 4.69) is 4.72 Å². The van der Waals surface area contributed by atoms with Gasteiger partial charge in [-0.15, -0.1) is 0 Å². The second kappa shape index (κ2) is 6.08. The maximum absolute atomic E-state index is 12.5. The zero-order chi connectivity index (χ0) is 15.6. The van der Waals surface area contributed by atoms with Crippen LogP contribution in [0.15, 0.2) is 47.4 Å². The van der Waals surface area contributed by atoms with Gasteiger partial charge in [0.1, 0.15) is 0 Å². The highest BCUT2D eigenvalue weighted by molar-refractivity contribution is 7.92. The first-order chi connectivity index (χ1) is 9.81. The number of sulfonamides is 1. The molecule has 0 bridgehead atoms. The van der Waals surface area contributed by atoms with Crippen molar-refractivity contribution in [2.75, 3.05) is 4.72 Å². The summed E-state index contributed by atoms with van der Waals surface area (Å²) < 4.78 is 27.7. The van der Waals surface area contributed by atoms with E-state index in [1.54, 1.807) is 12.1 Å². The second-order valence-electron chi connectivity index (χ2n) is 5.25. The van der Waals surface area contributed by atoms with E-state index in [1.807, 2.05) is 39.0 Å². The van der Waals surface area contributed by atoms with Gasteiger partial charge >= 0.3 is 0 Å². The third-order valence-corrected chi connectivity index (χ3v) is 4.90. The molecule has 3 nitrogen and oxygen atoms in total. The standard InChI is InChI=1S/C16H18ClNO2S/c1-11(2)15-6-4-5-12(3)16(15)18-21(19,20)14-9-7-13(17)8-10-14/h4-11,18H,1-3H3. The fraction of sp³-hybridized carbons (Fsp3) is 0.250. The van der Waals surface area contributed by atoms with Crippen LogP contribution in [0, 0.1) is 6.92 Å². The van der Waals surface area contributed by atoms with Crippen molar-refractivity contribution >= 4 is 27.3 Å². The molecule has 1 N–H and O–H groups in total. The molecule has 2 aromatic rings. The van der Waals surface area contributed by atoms with Gasteiger partial charge in [0.05, 0.1) is 10.6 Å². The molecule has 0 heterocycles. The van der Waals surface area contributed by atoms with Crippen LogP contribution in [-0.2, 0) is 10.0 Å². The van der Waals surface area contributed by atoms with Gasteiger partial charge in [0.25, 0.3) is 10.0 Å². The molecule has 0 amide bonds. The first kappa shape index (κ1) is 15.9. The van der Waals surface area contributed by atoms with Gasteiger partial charge in [0.2, 0.25) is 0 Å². The first-order valence-electron chi connectivity index (χ1n) is 6.69. The minimum atomic E-state index is -3.62. The fourth-order valence-electron chi connectivity index (χ4n) is 2.12. The molecule has 0 aliphatic rings. The number of aryl methyl sites for hydroxylation is 1. The molecule has 2 aromatic carbocycles. The fourth-order valence-corrected chi connectivity index (χ4v) is 3.40. The molecule has 0 saturated heterocycles. The van der Waals surface area contributed by atoms with Crippen molar-refractivity contribution in [3.63, 3.8) is 0 Å². The van der Waals surface area contributed by atoms with Crippen molar-refractivity contribution in [1.29, 1.82) is 0 Å². The Labute approximate surface area is 131 Å². The van der Waals surface area contributed by atoms with Crippen LogP contribution < -0.4 is 4.72 Å². The Kier molecular flexibility index (Phi) is 4.59. The molecule has 0 fully saturated rings. The maximum Gasteiger partial charge on any atom is 0.261 e. The summed E-state index contributed by atoms with van der Waals surface area (Å²) in [6.07, 6.45) is 0. The van der Waals surface area contributed by atoms with Gasteiger partial charge in [0.15, 0.2) is 0 Å². The van der Waals surface area contributed by atoms with Crippen LogP contribution in [0.3, 0.4) is 0 Å². The second-order valence-corrected chi connectivity index (χ2v) is 7.37. The molecule has 21 heavy (non-hydrogen) atoms. The van der Waals surface area contributed by atoms with E-state index in [0.29, 0.717) is 10.7 Å². The zero-order valence-electron chi connectivity index (χ0n) is 12.2. The van der Waals surface area contributed by atoms with Crippen molar-refractivity contribution in [1.82, 2.24) is 0 Å². The molecule has 0 spiro atoms. The van der Waals surface area contributed by atoms with Crippen LogP contribution in [0.1, 0.15) is 30.9 Å². The third-order valence-electron chi connectivity index (χ3n) is 3.29. The lowest BCUT2D eigenvalue weighted by molar-refractivity contribution is 0.601. The van der Waals surface area contributed by atoms with E-state index in [0.717, 1.165) is 11.1 Å². The monoisotopic (exact) mass is 323 g/mol. The number of hydrogen-bond donors (Lipinski definition) is 1. The Morgan fingerprint density at radius 2 is 1.67 bits per heavy atom. The Morgan fingerprint density at radius 1 is 1.05 bits per heavy atom. The summed E-state index contributed by atoms with van der Waals surface area (Å²) in [5.41, 5.74) is 2.54. The van der Waals surface area contributed by atoms with Crippen LogP contribution >= 0.6 is 11.6 Å². The zero-order valence-corrected chi connectivity index (χ0v) is 13.8. The van der Waals surface area contributed by atoms with Gasteiger partial charge < -0.3 is 0 Å². The summed E-state index contributed by atoms with van der Waals surface area (Å²) >= 11 is 5.80. The predicted molar refractivity (Wildman–Crippen MR) is 87.5 cm³/mol. The molecular formula is C16H18ClNO2S. The highest BCUT2D eigenvalue weighted by Gasteiger charge is 2.18. The molecule has 0 aliphatic carbocycles. The van der Waals surface area contributed by atoms with E-state index >= 15 is 0 Å². The smallest absolute Gasteiger partial charge is 0.261 e. The quantitative estimate of drug-likeness (QED) is 0.895. The SMILES string of the molecule is Cc1cccc(C(C)C)c1NS(=O)(=O)c1ccc(Cl)cc1. The molecule has 0 radical (unpaired) electrons. The first-order valence-corrected chi connectivity index (χ1v) is 8.55. The minimum Gasteiger partial charge on any atom is -0.279 e. The summed E-state index contributed by atoms with van der Waals surface area (Å²) in [4.78, 5) is 0.199. The lowest BCUT2D eigenvalue weighted by Gasteiger charge is -2.17. The minimum absolute atomic E-state index is 0.199. The molecular weight excluding hydrogens is 306 g/mol. The Hall–Kier alpha value is -1.52. The van der Waals surface area contributed by atoms with Crippen molar-refractivity contribution in [2.45, 2.75) is 31.6 Å². The number of hydrogen-bond acceptors (Lipinski definition) is 2. The lowest BCUT2D eigenvalue weighted by Crippen LogP contribution is -2.15. The van der Waals surface area contributed by atoms with Gasteiger partial charge in [-0.2, -0.15) is 0 Å². The third kappa shape index (κ3) is 3.57. The Balaban J connectivity index is 2.44. The van der Waals surface area contributed by atoms with Gasteiger partial charge in [0, 0.05) is 5.02 Å².